The number of hydrogen-bond donors (Lipinski definition) is 0. The third kappa shape index (κ3) is 64.3. The standard InChI is InChI=1S/C71H132O6/c1-4-7-10-13-16-19-22-25-28-30-32-34-35-37-38-40-43-46-49-52-55-58-61-64-70(73)76-67-68(66-75-69(72)63-60-57-54-51-48-45-42-27-24-21-18-15-12-9-6-3)77-71(74)65-62-59-56-53-50-47-44-41-39-36-33-31-29-26-23-20-17-14-11-8-5-2/h27,30-33,42,68H,4-26,28-29,34-41,43-67H2,1-3H3/b32-30-,33-31-,42-27-. The molecule has 0 N–H and O–H groups in total. The molecule has 0 amide bonds. The quantitative estimate of drug-likeness (QED) is 0.0261. The van der Waals surface area contributed by atoms with Gasteiger partial charge in [-0.15, -0.1) is 0 Å². The molecule has 0 aromatic carbocycles. The van der Waals surface area contributed by atoms with Gasteiger partial charge in [0.1, 0.15) is 13.2 Å². The van der Waals surface area contributed by atoms with Gasteiger partial charge in [-0.1, -0.05) is 301 Å². The fourth-order valence-electron chi connectivity index (χ4n) is 10.4. The minimum atomic E-state index is -0.777. The third-order valence-electron chi connectivity index (χ3n) is 15.6. The maximum atomic E-state index is 12.9. The molecule has 0 bridgehead atoms. The van der Waals surface area contributed by atoms with E-state index in [-0.39, 0.29) is 31.1 Å². The molecule has 0 saturated heterocycles. The Morgan fingerprint density at radius 2 is 0.429 bits per heavy atom. The summed E-state index contributed by atoms with van der Waals surface area (Å²) in [6.07, 6.45) is 81.6. The number of hydrogen-bond acceptors (Lipinski definition) is 6. The van der Waals surface area contributed by atoms with E-state index in [2.05, 4.69) is 57.2 Å². The molecule has 452 valence electrons. The minimum Gasteiger partial charge on any atom is -0.462 e. The van der Waals surface area contributed by atoms with Crippen LogP contribution in [0.5, 0.6) is 0 Å². The molecule has 0 radical (unpaired) electrons. The fourth-order valence-corrected chi connectivity index (χ4v) is 10.4. The zero-order valence-corrected chi connectivity index (χ0v) is 52.0. The Morgan fingerprint density at radius 3 is 0.649 bits per heavy atom. The van der Waals surface area contributed by atoms with E-state index >= 15 is 0 Å². The first-order chi connectivity index (χ1) is 38.0. The average molecular weight is 1080 g/mol. The Balaban J connectivity index is 4.30. The topological polar surface area (TPSA) is 78.9 Å². The van der Waals surface area contributed by atoms with Gasteiger partial charge >= 0.3 is 17.9 Å². The largest absolute Gasteiger partial charge is 0.462 e. The van der Waals surface area contributed by atoms with Gasteiger partial charge in [-0.2, -0.15) is 0 Å². The van der Waals surface area contributed by atoms with Crippen LogP contribution in [0.2, 0.25) is 0 Å². The fraction of sp³-hybridized carbons (Fsp3) is 0.873. The molecule has 1 unspecified atom stereocenters. The molecule has 0 heterocycles. The lowest BCUT2D eigenvalue weighted by Crippen LogP contribution is -2.30. The monoisotopic (exact) mass is 1080 g/mol. The van der Waals surface area contributed by atoms with Crippen LogP contribution in [0, 0.1) is 0 Å². The Kier molecular flexibility index (Phi) is 64.1. The van der Waals surface area contributed by atoms with Crippen molar-refractivity contribution in [2.45, 2.75) is 386 Å². The molecule has 1 atom stereocenters. The third-order valence-corrected chi connectivity index (χ3v) is 15.6. The van der Waals surface area contributed by atoms with Crippen molar-refractivity contribution in [3.63, 3.8) is 0 Å². The van der Waals surface area contributed by atoms with E-state index in [0.717, 1.165) is 64.2 Å². The van der Waals surface area contributed by atoms with E-state index < -0.39 is 6.10 Å². The number of esters is 3. The van der Waals surface area contributed by atoms with Gasteiger partial charge in [0.05, 0.1) is 0 Å². The van der Waals surface area contributed by atoms with E-state index in [1.165, 1.54) is 276 Å². The van der Waals surface area contributed by atoms with Crippen LogP contribution in [0.4, 0.5) is 0 Å². The average Bonchev–Trinajstić information content (AvgIpc) is 3.43. The maximum Gasteiger partial charge on any atom is 0.306 e. The van der Waals surface area contributed by atoms with Crippen LogP contribution in [-0.2, 0) is 28.6 Å². The lowest BCUT2D eigenvalue weighted by atomic mass is 10.0. The second-order valence-electron chi connectivity index (χ2n) is 23.4. The first-order valence-electron chi connectivity index (χ1n) is 34.5. The number of rotatable bonds is 64. The highest BCUT2D eigenvalue weighted by Crippen LogP contribution is 2.17. The number of carbonyl (C=O) groups excluding carboxylic acids is 3. The lowest BCUT2D eigenvalue weighted by molar-refractivity contribution is -0.167. The van der Waals surface area contributed by atoms with Gasteiger partial charge in [0, 0.05) is 19.3 Å². The van der Waals surface area contributed by atoms with Crippen molar-refractivity contribution in [3.05, 3.63) is 36.5 Å². The van der Waals surface area contributed by atoms with E-state index in [1.807, 2.05) is 0 Å². The van der Waals surface area contributed by atoms with Gasteiger partial charge in [-0.25, -0.2) is 0 Å². The molecule has 0 saturated carbocycles. The van der Waals surface area contributed by atoms with Crippen LogP contribution in [0.25, 0.3) is 0 Å². The number of unbranched alkanes of at least 4 members (excludes halogenated alkanes) is 47. The van der Waals surface area contributed by atoms with E-state index in [9.17, 15) is 14.4 Å². The Labute approximate surface area is 480 Å². The summed E-state index contributed by atoms with van der Waals surface area (Å²) in [6, 6.07) is 0. The van der Waals surface area contributed by atoms with Gasteiger partial charge in [-0.3, -0.25) is 14.4 Å². The number of allylic oxidation sites excluding steroid dienone is 6. The normalized spacial score (nSPS) is 12.2. The highest BCUT2D eigenvalue weighted by molar-refractivity contribution is 5.71. The van der Waals surface area contributed by atoms with Crippen LogP contribution >= 0.6 is 0 Å². The second-order valence-corrected chi connectivity index (χ2v) is 23.4. The molecule has 77 heavy (non-hydrogen) atoms. The number of carbonyl (C=O) groups is 3. The highest BCUT2D eigenvalue weighted by Gasteiger charge is 2.19. The summed E-state index contributed by atoms with van der Waals surface area (Å²) in [7, 11) is 0. The Hall–Kier alpha value is -2.37. The molecular weight excluding hydrogens is 949 g/mol. The highest BCUT2D eigenvalue weighted by atomic mass is 16.6. The zero-order valence-electron chi connectivity index (χ0n) is 52.0. The van der Waals surface area contributed by atoms with Gasteiger partial charge in [-0.05, 0) is 96.3 Å². The molecular formula is C71H132O6. The molecule has 6 nitrogen and oxygen atoms in total. The van der Waals surface area contributed by atoms with Gasteiger partial charge in [0.15, 0.2) is 6.10 Å². The summed E-state index contributed by atoms with van der Waals surface area (Å²) < 4.78 is 17.0. The van der Waals surface area contributed by atoms with Gasteiger partial charge in [0.2, 0.25) is 0 Å². The summed E-state index contributed by atoms with van der Waals surface area (Å²) in [5, 5.41) is 0. The second kappa shape index (κ2) is 66.1. The Morgan fingerprint density at radius 1 is 0.247 bits per heavy atom. The predicted molar refractivity (Wildman–Crippen MR) is 335 cm³/mol. The van der Waals surface area contributed by atoms with Crippen molar-refractivity contribution in [2.75, 3.05) is 13.2 Å². The number of ether oxygens (including phenoxy) is 3. The van der Waals surface area contributed by atoms with Gasteiger partial charge < -0.3 is 14.2 Å². The smallest absolute Gasteiger partial charge is 0.306 e. The summed E-state index contributed by atoms with van der Waals surface area (Å²) in [4.78, 5) is 38.4. The van der Waals surface area contributed by atoms with Crippen molar-refractivity contribution < 1.29 is 28.6 Å². The lowest BCUT2D eigenvalue weighted by Gasteiger charge is -2.18. The Bertz CT molecular complexity index is 1290. The van der Waals surface area contributed by atoms with Crippen molar-refractivity contribution >= 4 is 17.9 Å². The molecule has 0 fully saturated rings. The molecule has 6 heteroatoms. The first-order valence-corrected chi connectivity index (χ1v) is 34.5. The summed E-state index contributed by atoms with van der Waals surface area (Å²) >= 11 is 0. The summed E-state index contributed by atoms with van der Waals surface area (Å²) in [5.74, 6) is -0.858. The van der Waals surface area contributed by atoms with Gasteiger partial charge in [0.25, 0.3) is 0 Å². The SMILES string of the molecule is CCCCCCCC/C=C\CCCCCCCC(=O)OCC(COC(=O)CCCCCCCCCCCCC/C=C\CCCCCCCCCC)OC(=O)CCCCCCCCCCC/C=C\CCCCCCCCCC. The van der Waals surface area contributed by atoms with Crippen molar-refractivity contribution in [3.8, 4) is 0 Å². The van der Waals surface area contributed by atoms with E-state index in [4.69, 9.17) is 14.2 Å². The molecule has 0 spiro atoms. The van der Waals surface area contributed by atoms with Crippen molar-refractivity contribution in [1.82, 2.24) is 0 Å². The molecule has 0 aliphatic carbocycles. The summed E-state index contributed by atoms with van der Waals surface area (Å²) in [6.45, 7) is 6.69. The predicted octanol–water partition coefficient (Wildman–Crippen LogP) is 23.6. The molecule has 0 aromatic heterocycles. The minimum absolute atomic E-state index is 0.0725. The molecule has 0 aliphatic heterocycles. The van der Waals surface area contributed by atoms with Crippen LogP contribution in [0.3, 0.4) is 0 Å². The van der Waals surface area contributed by atoms with Crippen molar-refractivity contribution in [1.29, 1.82) is 0 Å². The van der Waals surface area contributed by atoms with Crippen LogP contribution in [0.1, 0.15) is 380 Å². The molecule has 0 aliphatic rings. The van der Waals surface area contributed by atoms with Crippen LogP contribution < -0.4 is 0 Å². The van der Waals surface area contributed by atoms with E-state index in [1.54, 1.807) is 0 Å². The first kappa shape index (κ1) is 74.6. The molecule has 0 aromatic rings. The van der Waals surface area contributed by atoms with Crippen LogP contribution in [0.15, 0.2) is 36.5 Å². The van der Waals surface area contributed by atoms with E-state index in [0.29, 0.717) is 19.3 Å². The maximum absolute atomic E-state index is 12.9. The molecule has 0 rings (SSSR count). The van der Waals surface area contributed by atoms with Crippen LogP contribution in [-0.4, -0.2) is 37.2 Å². The zero-order chi connectivity index (χ0) is 55.7. The van der Waals surface area contributed by atoms with Crippen molar-refractivity contribution in [2.24, 2.45) is 0 Å². The summed E-state index contributed by atoms with van der Waals surface area (Å²) in [5.41, 5.74) is 0.